The van der Waals surface area contributed by atoms with Crippen LogP contribution in [-0.4, -0.2) is 40.6 Å². The van der Waals surface area contributed by atoms with Crippen molar-refractivity contribution in [2.75, 3.05) is 20.2 Å². The molecule has 5 nitrogen and oxygen atoms in total. The van der Waals surface area contributed by atoms with Crippen LogP contribution in [0.25, 0.3) is 0 Å². The quantitative estimate of drug-likeness (QED) is 0.802. The summed E-state index contributed by atoms with van der Waals surface area (Å²) in [5.41, 5.74) is 1.74. The second kappa shape index (κ2) is 7.75. The summed E-state index contributed by atoms with van der Waals surface area (Å²) in [6.45, 7) is 4.64. The lowest BCUT2D eigenvalue weighted by atomic mass is 9.85. The molecular weight excluding hydrogens is 338 g/mol. The Bertz CT molecular complexity index is 810. The number of likely N-dealkylation sites (tertiary alicyclic amines) is 1. The maximum absolute atomic E-state index is 13.0. The number of amides is 1. The van der Waals surface area contributed by atoms with Gasteiger partial charge in [-0.05, 0) is 62.3 Å². The summed E-state index contributed by atoms with van der Waals surface area (Å²) in [6.07, 6.45) is 10.2. The molecule has 1 unspecified atom stereocenters. The van der Waals surface area contributed by atoms with Gasteiger partial charge in [-0.3, -0.25) is 4.79 Å². The Balaban J connectivity index is 1.47. The molecule has 1 saturated carbocycles. The summed E-state index contributed by atoms with van der Waals surface area (Å²) in [4.78, 5) is 19.7. The summed E-state index contributed by atoms with van der Waals surface area (Å²) < 4.78 is 7.65. The monoisotopic (exact) mass is 367 g/mol. The van der Waals surface area contributed by atoms with Crippen LogP contribution in [0.15, 0.2) is 30.6 Å². The topological polar surface area (TPSA) is 47.4 Å². The van der Waals surface area contributed by atoms with E-state index < -0.39 is 0 Å². The Morgan fingerprint density at radius 2 is 2.11 bits per heavy atom. The molecule has 0 bridgehead atoms. The Hall–Kier alpha value is -2.30. The second-order valence-corrected chi connectivity index (χ2v) is 8.01. The third-order valence-corrected chi connectivity index (χ3v) is 6.14. The van der Waals surface area contributed by atoms with Crippen molar-refractivity contribution in [1.82, 2.24) is 14.5 Å². The van der Waals surface area contributed by atoms with Crippen LogP contribution < -0.4 is 4.74 Å². The fourth-order valence-electron chi connectivity index (χ4n) is 4.35. The molecule has 0 radical (unpaired) electrons. The molecule has 1 aromatic carbocycles. The molecule has 2 heterocycles. The highest BCUT2D eigenvalue weighted by molar-refractivity contribution is 5.94. The molecule has 144 valence electrons. The fraction of sp³-hybridized carbons (Fsp3) is 0.545. The first-order valence-corrected chi connectivity index (χ1v) is 10.1. The Labute approximate surface area is 161 Å². The number of carbonyl (C=O) groups excluding carboxylic acids is 1. The molecule has 1 aliphatic carbocycles. The van der Waals surface area contributed by atoms with Crippen molar-refractivity contribution in [2.24, 2.45) is 5.92 Å². The lowest BCUT2D eigenvalue weighted by molar-refractivity contribution is 0.0702. The van der Waals surface area contributed by atoms with Gasteiger partial charge < -0.3 is 14.2 Å². The van der Waals surface area contributed by atoms with Gasteiger partial charge in [0.2, 0.25) is 0 Å². The first-order valence-electron chi connectivity index (χ1n) is 10.1. The van der Waals surface area contributed by atoms with Crippen molar-refractivity contribution in [1.29, 1.82) is 0 Å². The molecule has 27 heavy (non-hydrogen) atoms. The fourth-order valence-corrected chi connectivity index (χ4v) is 4.35. The van der Waals surface area contributed by atoms with Gasteiger partial charge in [-0.25, -0.2) is 4.98 Å². The smallest absolute Gasteiger partial charge is 0.253 e. The maximum atomic E-state index is 13.0. The van der Waals surface area contributed by atoms with Gasteiger partial charge in [-0.1, -0.05) is 6.42 Å². The maximum Gasteiger partial charge on any atom is 0.253 e. The third-order valence-electron chi connectivity index (χ3n) is 6.14. The SMILES string of the molecule is COc1ccc(C(=O)N2CCCC(c3nccn3CC3CCC3)C2)cc1C. The van der Waals surface area contributed by atoms with Crippen molar-refractivity contribution < 1.29 is 9.53 Å². The predicted octanol–water partition coefficient (Wildman–Crippen LogP) is 4.02. The van der Waals surface area contributed by atoms with Crippen LogP contribution in [0.3, 0.4) is 0 Å². The number of carbonyl (C=O) groups is 1. The minimum absolute atomic E-state index is 0.113. The molecule has 2 aromatic rings. The number of hydrogen-bond donors (Lipinski definition) is 0. The lowest BCUT2D eigenvalue weighted by Gasteiger charge is -2.34. The number of nitrogens with zero attached hydrogens (tertiary/aromatic N) is 3. The predicted molar refractivity (Wildman–Crippen MR) is 105 cm³/mol. The van der Waals surface area contributed by atoms with Gasteiger partial charge in [-0.2, -0.15) is 0 Å². The van der Waals surface area contributed by atoms with E-state index in [2.05, 4.69) is 15.7 Å². The average Bonchev–Trinajstić information content (AvgIpc) is 3.12. The Kier molecular flexibility index (Phi) is 5.19. The van der Waals surface area contributed by atoms with Crippen LogP contribution >= 0.6 is 0 Å². The number of hydrogen-bond acceptors (Lipinski definition) is 3. The summed E-state index contributed by atoms with van der Waals surface area (Å²) in [5, 5.41) is 0. The normalized spacial score (nSPS) is 20.4. The largest absolute Gasteiger partial charge is 0.496 e. The van der Waals surface area contributed by atoms with E-state index in [0.717, 1.165) is 61.1 Å². The number of rotatable bonds is 5. The standard InChI is InChI=1S/C22H29N3O2/c1-16-13-18(8-9-20(16)27-2)22(26)25-11-4-7-19(15-25)21-23-10-12-24(21)14-17-5-3-6-17/h8-10,12-13,17,19H,3-7,11,14-15H2,1-2H3. The zero-order chi connectivity index (χ0) is 18.8. The molecule has 1 aliphatic heterocycles. The van der Waals surface area contributed by atoms with Gasteiger partial charge in [0.25, 0.3) is 5.91 Å². The van der Waals surface area contributed by atoms with Gasteiger partial charge >= 0.3 is 0 Å². The number of benzene rings is 1. The Morgan fingerprint density at radius 3 is 2.81 bits per heavy atom. The number of aromatic nitrogens is 2. The van der Waals surface area contributed by atoms with Gasteiger partial charge in [0, 0.05) is 43.5 Å². The van der Waals surface area contributed by atoms with E-state index in [9.17, 15) is 4.79 Å². The van der Waals surface area contributed by atoms with E-state index in [0.29, 0.717) is 5.92 Å². The summed E-state index contributed by atoms with van der Waals surface area (Å²) >= 11 is 0. The highest BCUT2D eigenvalue weighted by Crippen LogP contribution is 2.31. The van der Waals surface area contributed by atoms with Crippen LogP contribution in [0.5, 0.6) is 5.75 Å². The van der Waals surface area contributed by atoms with Crippen LogP contribution in [0.4, 0.5) is 0 Å². The first kappa shape index (κ1) is 18.1. The molecule has 4 rings (SSSR count). The third kappa shape index (κ3) is 3.73. The van der Waals surface area contributed by atoms with E-state index >= 15 is 0 Å². The molecule has 2 aliphatic rings. The average molecular weight is 367 g/mol. The Morgan fingerprint density at radius 1 is 1.26 bits per heavy atom. The van der Waals surface area contributed by atoms with Gasteiger partial charge in [0.15, 0.2) is 0 Å². The number of piperidine rings is 1. The summed E-state index contributed by atoms with van der Waals surface area (Å²) in [7, 11) is 1.66. The van der Waals surface area contributed by atoms with Gasteiger partial charge in [-0.15, -0.1) is 0 Å². The summed E-state index contributed by atoms with van der Waals surface area (Å²) in [5.74, 6) is 3.23. The van der Waals surface area contributed by atoms with Crippen LogP contribution in [0.1, 0.15) is 59.8 Å². The number of imidazole rings is 1. The van der Waals surface area contributed by atoms with Crippen molar-refractivity contribution in [3.63, 3.8) is 0 Å². The molecule has 5 heteroatoms. The van der Waals surface area contributed by atoms with E-state index in [1.54, 1.807) is 7.11 Å². The molecule has 0 spiro atoms. The lowest BCUT2D eigenvalue weighted by Crippen LogP contribution is -2.40. The van der Waals surface area contributed by atoms with E-state index in [4.69, 9.17) is 4.74 Å². The minimum Gasteiger partial charge on any atom is -0.496 e. The first-order chi connectivity index (χ1) is 13.2. The van der Waals surface area contributed by atoms with E-state index in [1.165, 1.54) is 19.3 Å². The van der Waals surface area contributed by atoms with E-state index in [-0.39, 0.29) is 5.91 Å². The number of methoxy groups -OCH3 is 1. The molecule has 1 amide bonds. The van der Waals surface area contributed by atoms with Gasteiger partial charge in [0.05, 0.1) is 7.11 Å². The molecule has 2 fully saturated rings. The van der Waals surface area contributed by atoms with Crippen LogP contribution in [0.2, 0.25) is 0 Å². The van der Waals surface area contributed by atoms with Crippen LogP contribution in [0, 0.1) is 12.8 Å². The van der Waals surface area contributed by atoms with Crippen molar-refractivity contribution in [2.45, 2.75) is 51.5 Å². The van der Waals surface area contributed by atoms with Crippen molar-refractivity contribution >= 4 is 5.91 Å². The highest BCUT2D eigenvalue weighted by Gasteiger charge is 2.29. The summed E-state index contributed by atoms with van der Waals surface area (Å²) in [6, 6.07) is 5.69. The second-order valence-electron chi connectivity index (χ2n) is 8.01. The van der Waals surface area contributed by atoms with Crippen molar-refractivity contribution in [3.8, 4) is 5.75 Å². The van der Waals surface area contributed by atoms with Crippen LogP contribution in [-0.2, 0) is 6.54 Å². The molecule has 1 atom stereocenters. The zero-order valence-corrected chi connectivity index (χ0v) is 16.4. The highest BCUT2D eigenvalue weighted by atomic mass is 16.5. The molecule has 1 saturated heterocycles. The minimum atomic E-state index is 0.113. The molecular formula is C22H29N3O2. The van der Waals surface area contributed by atoms with E-state index in [1.807, 2.05) is 36.2 Å². The van der Waals surface area contributed by atoms with Gasteiger partial charge in [0.1, 0.15) is 11.6 Å². The molecule has 0 N–H and O–H groups in total. The number of aryl methyl sites for hydroxylation is 1. The molecule has 1 aromatic heterocycles. The zero-order valence-electron chi connectivity index (χ0n) is 16.4. The number of ether oxygens (including phenoxy) is 1. The van der Waals surface area contributed by atoms with Crippen molar-refractivity contribution in [3.05, 3.63) is 47.5 Å².